The number of halogens is 3. The van der Waals surface area contributed by atoms with Gasteiger partial charge in [-0.1, -0.05) is 0 Å². The number of rotatable bonds is 2. The van der Waals surface area contributed by atoms with Crippen molar-refractivity contribution in [2.75, 3.05) is 0 Å². The SMILES string of the molecule is FC(F)(F)c1nc(CC2CC2)cs1. The van der Waals surface area contributed by atoms with Gasteiger partial charge in [0.25, 0.3) is 0 Å². The molecule has 1 heterocycles. The summed E-state index contributed by atoms with van der Waals surface area (Å²) in [6.07, 6.45) is -1.28. The van der Waals surface area contributed by atoms with Gasteiger partial charge in [-0.15, -0.1) is 11.3 Å². The molecule has 13 heavy (non-hydrogen) atoms. The molecule has 0 N–H and O–H groups in total. The first-order chi connectivity index (χ1) is 6.05. The second-order valence-electron chi connectivity index (χ2n) is 3.29. The van der Waals surface area contributed by atoms with Gasteiger partial charge in [0.15, 0.2) is 5.01 Å². The highest BCUT2D eigenvalue weighted by molar-refractivity contribution is 7.09. The molecule has 0 aliphatic heterocycles. The Labute approximate surface area is 77.6 Å². The summed E-state index contributed by atoms with van der Waals surface area (Å²) in [5.74, 6) is 0.586. The molecule has 1 saturated carbocycles. The van der Waals surface area contributed by atoms with Crippen LogP contribution in [0.4, 0.5) is 13.2 Å². The molecule has 0 aromatic carbocycles. The van der Waals surface area contributed by atoms with E-state index in [0.717, 1.165) is 12.8 Å². The Hall–Kier alpha value is -0.580. The Kier molecular flexibility index (Phi) is 2.06. The zero-order valence-electron chi connectivity index (χ0n) is 6.77. The van der Waals surface area contributed by atoms with Gasteiger partial charge >= 0.3 is 6.18 Å². The van der Waals surface area contributed by atoms with E-state index in [1.54, 1.807) is 0 Å². The van der Waals surface area contributed by atoms with Crippen molar-refractivity contribution in [3.63, 3.8) is 0 Å². The van der Waals surface area contributed by atoms with Gasteiger partial charge in [-0.25, -0.2) is 4.98 Å². The van der Waals surface area contributed by atoms with Crippen LogP contribution in [0, 0.1) is 5.92 Å². The van der Waals surface area contributed by atoms with Gasteiger partial charge in [0.1, 0.15) is 0 Å². The third-order valence-corrected chi connectivity index (χ3v) is 2.92. The molecule has 0 bridgehead atoms. The molecular weight excluding hydrogens is 199 g/mol. The van der Waals surface area contributed by atoms with Gasteiger partial charge in [-0.2, -0.15) is 13.2 Å². The van der Waals surface area contributed by atoms with Crippen molar-refractivity contribution < 1.29 is 13.2 Å². The zero-order valence-corrected chi connectivity index (χ0v) is 7.58. The van der Waals surface area contributed by atoms with Gasteiger partial charge in [0, 0.05) is 5.38 Å². The highest BCUT2D eigenvalue weighted by Gasteiger charge is 2.35. The summed E-state index contributed by atoms with van der Waals surface area (Å²) in [7, 11) is 0. The monoisotopic (exact) mass is 207 g/mol. The molecular formula is C8H8F3NS. The average Bonchev–Trinajstić information content (AvgIpc) is 2.63. The van der Waals surface area contributed by atoms with Crippen LogP contribution in [0.5, 0.6) is 0 Å². The van der Waals surface area contributed by atoms with Gasteiger partial charge < -0.3 is 0 Å². The Morgan fingerprint density at radius 2 is 2.15 bits per heavy atom. The summed E-state index contributed by atoms with van der Waals surface area (Å²) in [4.78, 5) is 3.56. The molecule has 0 unspecified atom stereocenters. The summed E-state index contributed by atoms with van der Waals surface area (Å²) in [5.41, 5.74) is 0.597. The molecule has 5 heteroatoms. The first kappa shape index (κ1) is 8.99. The quantitative estimate of drug-likeness (QED) is 0.726. The van der Waals surface area contributed by atoms with Crippen LogP contribution in [0.25, 0.3) is 0 Å². The Morgan fingerprint density at radius 1 is 1.46 bits per heavy atom. The van der Waals surface area contributed by atoms with Gasteiger partial charge in [0.05, 0.1) is 5.69 Å². The molecule has 1 aliphatic carbocycles. The fraction of sp³-hybridized carbons (Fsp3) is 0.625. The molecule has 1 aromatic rings. The van der Waals surface area contributed by atoms with Crippen molar-refractivity contribution in [2.24, 2.45) is 5.92 Å². The topological polar surface area (TPSA) is 12.9 Å². The third kappa shape index (κ3) is 2.21. The fourth-order valence-electron chi connectivity index (χ4n) is 1.15. The van der Waals surface area contributed by atoms with Crippen LogP contribution in [0.2, 0.25) is 0 Å². The number of alkyl halides is 3. The molecule has 0 radical (unpaired) electrons. The number of hydrogen-bond donors (Lipinski definition) is 0. The van der Waals surface area contributed by atoms with Gasteiger partial charge in [-0.05, 0) is 25.2 Å². The predicted molar refractivity (Wildman–Crippen MR) is 43.5 cm³/mol. The van der Waals surface area contributed by atoms with Crippen LogP contribution in [-0.2, 0) is 12.6 Å². The van der Waals surface area contributed by atoms with Crippen LogP contribution in [-0.4, -0.2) is 4.98 Å². The number of aromatic nitrogens is 1. The van der Waals surface area contributed by atoms with E-state index in [9.17, 15) is 13.2 Å². The first-order valence-electron chi connectivity index (χ1n) is 4.07. The molecule has 72 valence electrons. The maximum atomic E-state index is 12.1. The third-order valence-electron chi connectivity index (χ3n) is 1.99. The Balaban J connectivity index is 2.08. The number of nitrogens with zero attached hydrogens (tertiary/aromatic N) is 1. The minimum absolute atomic E-state index is 0.586. The molecule has 1 nitrogen and oxygen atoms in total. The van der Waals surface area contributed by atoms with Gasteiger partial charge in [0.2, 0.25) is 0 Å². The highest BCUT2D eigenvalue weighted by atomic mass is 32.1. The second kappa shape index (κ2) is 2.97. The maximum absolute atomic E-state index is 12.1. The minimum atomic E-state index is -4.27. The maximum Gasteiger partial charge on any atom is 0.443 e. The lowest BCUT2D eigenvalue weighted by molar-refractivity contribution is -0.137. The lowest BCUT2D eigenvalue weighted by Gasteiger charge is -1.99. The molecule has 0 spiro atoms. The van der Waals surface area contributed by atoms with E-state index in [2.05, 4.69) is 4.98 Å². The smallest absolute Gasteiger partial charge is 0.237 e. The summed E-state index contributed by atoms with van der Waals surface area (Å²) in [6, 6.07) is 0. The molecule has 0 saturated heterocycles. The van der Waals surface area contributed by atoms with Crippen molar-refractivity contribution >= 4 is 11.3 Å². The van der Waals surface area contributed by atoms with E-state index in [1.165, 1.54) is 5.38 Å². The molecule has 1 aliphatic rings. The van der Waals surface area contributed by atoms with Crippen molar-refractivity contribution in [1.82, 2.24) is 4.98 Å². The van der Waals surface area contributed by atoms with Crippen LogP contribution in [0.1, 0.15) is 23.5 Å². The number of hydrogen-bond acceptors (Lipinski definition) is 2. The van der Waals surface area contributed by atoms with E-state index in [1.807, 2.05) is 0 Å². The van der Waals surface area contributed by atoms with E-state index in [4.69, 9.17) is 0 Å². The minimum Gasteiger partial charge on any atom is -0.237 e. The average molecular weight is 207 g/mol. The van der Waals surface area contributed by atoms with Crippen molar-refractivity contribution in [3.05, 3.63) is 16.1 Å². The first-order valence-corrected chi connectivity index (χ1v) is 4.95. The predicted octanol–water partition coefficient (Wildman–Crippen LogP) is 3.11. The normalized spacial score (nSPS) is 17.8. The van der Waals surface area contributed by atoms with Crippen molar-refractivity contribution in [3.8, 4) is 0 Å². The summed E-state index contributed by atoms with van der Waals surface area (Å²) in [5, 5.41) is 0.796. The lowest BCUT2D eigenvalue weighted by Crippen LogP contribution is -2.04. The summed E-state index contributed by atoms with van der Waals surface area (Å²) >= 11 is 0.690. The van der Waals surface area contributed by atoms with Crippen LogP contribution in [0.3, 0.4) is 0 Å². The van der Waals surface area contributed by atoms with Crippen molar-refractivity contribution in [1.29, 1.82) is 0 Å². The summed E-state index contributed by atoms with van der Waals surface area (Å²) in [6.45, 7) is 0. The molecule has 1 aromatic heterocycles. The summed E-state index contributed by atoms with van der Waals surface area (Å²) < 4.78 is 36.3. The fourth-order valence-corrected chi connectivity index (χ4v) is 1.85. The van der Waals surface area contributed by atoms with Gasteiger partial charge in [-0.3, -0.25) is 0 Å². The molecule has 1 fully saturated rings. The lowest BCUT2D eigenvalue weighted by atomic mass is 10.2. The van der Waals surface area contributed by atoms with Crippen LogP contribution in [0.15, 0.2) is 5.38 Å². The second-order valence-corrected chi connectivity index (χ2v) is 4.15. The Bertz CT molecular complexity index is 301. The van der Waals surface area contributed by atoms with Crippen molar-refractivity contribution in [2.45, 2.75) is 25.4 Å². The molecule has 0 atom stereocenters. The molecule has 0 amide bonds. The van der Waals surface area contributed by atoms with Crippen LogP contribution < -0.4 is 0 Å². The van der Waals surface area contributed by atoms with E-state index < -0.39 is 11.2 Å². The van der Waals surface area contributed by atoms with E-state index in [-0.39, 0.29) is 0 Å². The zero-order chi connectivity index (χ0) is 9.47. The largest absolute Gasteiger partial charge is 0.443 e. The number of thiazole rings is 1. The van der Waals surface area contributed by atoms with E-state index in [0.29, 0.717) is 29.4 Å². The Morgan fingerprint density at radius 3 is 2.62 bits per heavy atom. The van der Waals surface area contributed by atoms with Crippen LogP contribution >= 0.6 is 11.3 Å². The highest BCUT2D eigenvalue weighted by Crippen LogP contribution is 2.35. The molecule has 2 rings (SSSR count). The standard InChI is InChI=1S/C8H8F3NS/c9-8(10,11)7-12-6(4-13-7)3-5-1-2-5/h4-5H,1-3H2. The van der Waals surface area contributed by atoms with E-state index >= 15 is 0 Å².